The lowest BCUT2D eigenvalue weighted by Crippen LogP contribution is -2.04. The van der Waals surface area contributed by atoms with Crippen LogP contribution in [0.2, 0.25) is 0 Å². The van der Waals surface area contributed by atoms with Crippen molar-refractivity contribution in [3.8, 4) is 22.4 Å². The van der Waals surface area contributed by atoms with E-state index in [1.54, 1.807) is 0 Å². The summed E-state index contributed by atoms with van der Waals surface area (Å²) < 4.78 is 6.20. The van der Waals surface area contributed by atoms with Gasteiger partial charge in [-0.15, -0.1) is 0 Å². The summed E-state index contributed by atoms with van der Waals surface area (Å²) in [5, 5.41) is 0.965. The van der Waals surface area contributed by atoms with E-state index in [-0.39, 0.29) is 0 Å². The molecule has 0 unspecified atom stereocenters. The van der Waals surface area contributed by atoms with Crippen molar-refractivity contribution in [1.29, 1.82) is 0 Å². The minimum Gasteiger partial charge on any atom is -0.436 e. The third kappa shape index (κ3) is 3.36. The quantitative estimate of drug-likeness (QED) is 0.304. The van der Waals surface area contributed by atoms with E-state index in [9.17, 15) is 0 Å². The van der Waals surface area contributed by atoms with Crippen LogP contribution < -0.4 is 0 Å². The van der Waals surface area contributed by atoms with Crippen molar-refractivity contribution in [2.45, 2.75) is 44.9 Å². The van der Waals surface area contributed by atoms with Crippen molar-refractivity contribution in [2.24, 2.45) is 0 Å². The highest BCUT2D eigenvalue weighted by Crippen LogP contribution is 2.37. The Labute approximate surface area is 187 Å². The molecule has 4 heterocycles. The predicted molar refractivity (Wildman–Crippen MR) is 129 cm³/mol. The average molecular weight is 420 g/mol. The van der Waals surface area contributed by atoms with Gasteiger partial charge >= 0.3 is 0 Å². The maximum atomic E-state index is 6.20. The average Bonchev–Trinajstić information content (AvgIpc) is 3.22. The molecule has 0 spiro atoms. The van der Waals surface area contributed by atoms with Crippen LogP contribution >= 0.6 is 0 Å². The highest BCUT2D eigenvalue weighted by atomic mass is 16.3. The number of nitrogens with zero attached hydrogens (tertiary/aromatic N) is 3. The highest BCUT2D eigenvalue weighted by Gasteiger charge is 2.19. The van der Waals surface area contributed by atoms with Crippen molar-refractivity contribution in [1.82, 2.24) is 15.0 Å². The largest absolute Gasteiger partial charge is 0.436 e. The molecule has 158 valence electrons. The fraction of sp³-hybridized carbons (Fsp3) is 0.250. The first kappa shape index (κ1) is 19.2. The topological polar surface area (TPSA) is 51.8 Å². The number of pyridine rings is 3. The Morgan fingerprint density at radius 2 is 1.72 bits per heavy atom. The Morgan fingerprint density at radius 3 is 2.56 bits per heavy atom. The molecule has 4 heteroatoms. The van der Waals surface area contributed by atoms with E-state index in [2.05, 4.69) is 58.5 Å². The van der Waals surface area contributed by atoms with Crippen molar-refractivity contribution in [3.63, 3.8) is 0 Å². The summed E-state index contributed by atoms with van der Waals surface area (Å²) in [6.07, 6.45) is 10.4. The van der Waals surface area contributed by atoms with Gasteiger partial charge in [0.05, 0.1) is 11.1 Å². The van der Waals surface area contributed by atoms with Crippen LogP contribution in [0.15, 0.2) is 71.4 Å². The standard InChI is InChI=1S/C28H25N3O/c1-18-14-23(20-10-6-3-7-11-20)26-27-25(32-28(26)31-18)16-22(17-30-27)24-15-21(12-13-29-24)19-8-4-2-5-9-19/h3,6-7,10-17,19H,2,4-5,8-9H2,1H3. The molecular formula is C28H25N3O. The van der Waals surface area contributed by atoms with Crippen LogP contribution in [-0.4, -0.2) is 15.0 Å². The van der Waals surface area contributed by atoms with Crippen molar-refractivity contribution in [2.75, 3.05) is 0 Å². The maximum absolute atomic E-state index is 6.20. The van der Waals surface area contributed by atoms with Crippen molar-refractivity contribution < 1.29 is 4.42 Å². The molecule has 0 aliphatic heterocycles. The number of rotatable bonds is 3. The van der Waals surface area contributed by atoms with E-state index in [1.807, 2.05) is 25.4 Å². The molecular weight excluding hydrogens is 394 g/mol. The molecule has 0 bridgehead atoms. The lowest BCUT2D eigenvalue weighted by atomic mass is 9.84. The minimum absolute atomic E-state index is 0.632. The van der Waals surface area contributed by atoms with Gasteiger partial charge in [-0.1, -0.05) is 49.6 Å². The molecule has 32 heavy (non-hydrogen) atoms. The van der Waals surface area contributed by atoms with Crippen LogP contribution in [0.5, 0.6) is 0 Å². The van der Waals surface area contributed by atoms with E-state index >= 15 is 0 Å². The second-order valence-corrected chi connectivity index (χ2v) is 8.84. The first-order valence-corrected chi connectivity index (χ1v) is 11.5. The Kier molecular flexibility index (Phi) is 4.71. The predicted octanol–water partition coefficient (Wildman–Crippen LogP) is 7.46. The van der Waals surface area contributed by atoms with Crippen molar-refractivity contribution >= 4 is 22.2 Å². The minimum atomic E-state index is 0.632. The zero-order chi connectivity index (χ0) is 21.5. The molecule has 1 saturated carbocycles. The fourth-order valence-electron chi connectivity index (χ4n) is 5.04. The summed E-state index contributed by atoms with van der Waals surface area (Å²) in [4.78, 5) is 14.1. The second kappa shape index (κ2) is 7.86. The maximum Gasteiger partial charge on any atom is 0.229 e. The van der Waals surface area contributed by atoms with E-state index in [0.717, 1.165) is 44.6 Å². The molecule has 1 aliphatic carbocycles. The molecule has 4 nitrogen and oxygen atoms in total. The molecule has 5 aromatic rings. The Hall–Kier alpha value is -3.53. The van der Waals surface area contributed by atoms with Gasteiger partial charge in [-0.05, 0) is 66.6 Å². The molecule has 6 rings (SSSR count). The number of benzene rings is 1. The van der Waals surface area contributed by atoms with E-state index in [0.29, 0.717) is 11.6 Å². The number of aromatic nitrogens is 3. The summed E-state index contributed by atoms with van der Waals surface area (Å²) in [5.74, 6) is 0.647. The molecule has 4 aromatic heterocycles. The SMILES string of the molecule is Cc1cc(-c2ccccc2)c2c(n1)oc1cc(-c3cc(C4CCCCC4)ccn3)cnc12. The second-order valence-electron chi connectivity index (χ2n) is 8.84. The van der Waals surface area contributed by atoms with E-state index < -0.39 is 0 Å². The lowest BCUT2D eigenvalue weighted by Gasteiger charge is -2.22. The van der Waals surface area contributed by atoms with Crippen LogP contribution in [0, 0.1) is 6.92 Å². The number of hydrogen-bond acceptors (Lipinski definition) is 4. The van der Waals surface area contributed by atoms with Gasteiger partial charge in [-0.25, -0.2) is 4.98 Å². The highest BCUT2D eigenvalue weighted by molar-refractivity contribution is 6.09. The molecule has 0 atom stereocenters. The fourth-order valence-corrected chi connectivity index (χ4v) is 5.04. The number of furan rings is 1. The first-order chi connectivity index (χ1) is 15.8. The third-order valence-electron chi connectivity index (χ3n) is 6.65. The zero-order valence-electron chi connectivity index (χ0n) is 18.2. The molecule has 0 saturated heterocycles. The van der Waals surface area contributed by atoms with Gasteiger partial charge in [0.2, 0.25) is 5.71 Å². The van der Waals surface area contributed by atoms with Gasteiger partial charge in [-0.2, -0.15) is 0 Å². The third-order valence-corrected chi connectivity index (χ3v) is 6.65. The van der Waals surface area contributed by atoms with Crippen LogP contribution in [0.25, 0.3) is 44.6 Å². The van der Waals surface area contributed by atoms with Gasteiger partial charge in [0.1, 0.15) is 5.52 Å². The molecule has 0 N–H and O–H groups in total. The monoisotopic (exact) mass is 419 g/mol. The number of aryl methyl sites for hydroxylation is 1. The van der Waals surface area contributed by atoms with Crippen LogP contribution in [0.3, 0.4) is 0 Å². The van der Waals surface area contributed by atoms with Crippen LogP contribution in [0.4, 0.5) is 0 Å². The van der Waals surface area contributed by atoms with Crippen molar-refractivity contribution in [3.05, 3.63) is 78.2 Å². The lowest BCUT2D eigenvalue weighted by molar-refractivity contribution is 0.443. The van der Waals surface area contributed by atoms with Gasteiger partial charge < -0.3 is 4.42 Å². The summed E-state index contributed by atoms with van der Waals surface area (Å²) in [5.41, 5.74) is 8.72. The Morgan fingerprint density at radius 1 is 0.875 bits per heavy atom. The van der Waals surface area contributed by atoms with Crippen LogP contribution in [-0.2, 0) is 0 Å². The first-order valence-electron chi connectivity index (χ1n) is 11.5. The smallest absolute Gasteiger partial charge is 0.229 e. The molecule has 0 radical (unpaired) electrons. The zero-order valence-corrected chi connectivity index (χ0v) is 18.2. The van der Waals surface area contributed by atoms with Gasteiger partial charge in [0.25, 0.3) is 0 Å². The molecule has 1 aliphatic rings. The van der Waals surface area contributed by atoms with E-state index in [1.165, 1.54) is 37.7 Å². The summed E-state index contributed by atoms with van der Waals surface area (Å²) in [6.45, 7) is 2.00. The molecule has 1 aromatic carbocycles. The number of hydrogen-bond donors (Lipinski definition) is 0. The van der Waals surface area contributed by atoms with Crippen LogP contribution in [0.1, 0.15) is 49.3 Å². The number of fused-ring (bicyclic) bond motifs is 3. The van der Waals surface area contributed by atoms with Gasteiger partial charge in [-0.3, -0.25) is 9.97 Å². The normalized spacial score (nSPS) is 14.9. The summed E-state index contributed by atoms with van der Waals surface area (Å²) >= 11 is 0. The molecule has 1 fully saturated rings. The Balaban J connectivity index is 1.47. The Bertz CT molecular complexity index is 1420. The van der Waals surface area contributed by atoms with Gasteiger partial charge in [0, 0.05) is 23.7 Å². The van der Waals surface area contributed by atoms with E-state index in [4.69, 9.17) is 9.40 Å². The molecule has 0 amide bonds. The summed E-state index contributed by atoms with van der Waals surface area (Å²) in [7, 11) is 0. The summed E-state index contributed by atoms with van der Waals surface area (Å²) in [6, 6.07) is 18.9. The van der Waals surface area contributed by atoms with Gasteiger partial charge in [0.15, 0.2) is 5.58 Å².